The van der Waals surface area contributed by atoms with Crippen LogP contribution in [0.15, 0.2) is 40.5 Å². The van der Waals surface area contributed by atoms with E-state index < -0.39 is 11.7 Å². The molecule has 0 aliphatic rings. The molecule has 0 N–H and O–H groups in total. The Morgan fingerprint density at radius 1 is 1.32 bits per heavy atom. The molecule has 2 aromatic rings. The first-order valence-corrected chi connectivity index (χ1v) is 9.51. The van der Waals surface area contributed by atoms with Crippen LogP contribution in [0, 0.1) is 0 Å². The van der Waals surface area contributed by atoms with Gasteiger partial charge in [-0.25, -0.2) is 9.78 Å². The first kappa shape index (κ1) is 21.5. The molecule has 0 fully saturated rings. The average molecular weight is 383 g/mol. The molecule has 1 amide bonds. The van der Waals surface area contributed by atoms with Gasteiger partial charge in [-0.05, 0) is 65.3 Å². The molecule has 0 radical (unpaired) electrons. The van der Waals surface area contributed by atoms with Gasteiger partial charge in [-0.2, -0.15) is 0 Å². The predicted molar refractivity (Wildman–Crippen MR) is 115 cm³/mol. The van der Waals surface area contributed by atoms with Crippen molar-refractivity contribution in [3.05, 3.63) is 47.4 Å². The minimum atomic E-state index is -0.552. The van der Waals surface area contributed by atoms with Crippen LogP contribution >= 0.6 is 0 Å². The maximum Gasteiger partial charge on any atom is 0.415 e. The topological polar surface area (TPSA) is 55.6 Å². The fourth-order valence-electron chi connectivity index (χ4n) is 2.48. The van der Waals surface area contributed by atoms with Gasteiger partial charge in [0.1, 0.15) is 22.9 Å². The van der Waals surface area contributed by atoms with E-state index in [2.05, 4.69) is 24.9 Å². The Bertz CT molecular complexity index is 868. The number of carbonyl (C=O) groups is 1. The number of pyridine rings is 1. The number of hydrogen-bond acceptors (Lipinski definition) is 4. The van der Waals surface area contributed by atoms with Crippen molar-refractivity contribution in [1.29, 1.82) is 0 Å². The molecular formula is C23H30N2O3. The van der Waals surface area contributed by atoms with Crippen LogP contribution in [0.1, 0.15) is 59.3 Å². The molecule has 2 rings (SSSR count). The second-order valence-corrected chi connectivity index (χ2v) is 7.72. The second-order valence-electron chi connectivity index (χ2n) is 7.72. The molecule has 0 atom stereocenters. The molecule has 0 aliphatic heterocycles. The first-order valence-electron chi connectivity index (χ1n) is 9.51. The zero-order valence-electron chi connectivity index (χ0n) is 17.9. The Morgan fingerprint density at radius 2 is 2.04 bits per heavy atom. The summed E-state index contributed by atoms with van der Waals surface area (Å²) in [5, 5.41) is 0. The summed E-state index contributed by atoms with van der Waals surface area (Å²) in [6.07, 6.45) is 8.30. The summed E-state index contributed by atoms with van der Waals surface area (Å²) < 4.78 is 11.4. The summed E-state index contributed by atoms with van der Waals surface area (Å²) in [6.45, 7) is 11.7. The standard InChI is InChI=1S/C23H30N2O3/c1-8-10-19-18(13-16(3)9-2)14-20(27-19)17-11-12-21(24-15-17)25(7)22(26)28-23(4,5)6/h8,10-15H,9H2,1-7H3/b10-8-,16-13-. The van der Waals surface area contributed by atoms with Crippen LogP contribution < -0.4 is 4.90 Å². The highest BCUT2D eigenvalue weighted by molar-refractivity contribution is 5.86. The Morgan fingerprint density at radius 3 is 2.57 bits per heavy atom. The largest absolute Gasteiger partial charge is 0.456 e. The number of nitrogens with zero attached hydrogens (tertiary/aromatic N) is 2. The van der Waals surface area contributed by atoms with Crippen LogP contribution in [0.5, 0.6) is 0 Å². The van der Waals surface area contributed by atoms with E-state index in [1.165, 1.54) is 10.5 Å². The van der Waals surface area contributed by atoms with Crippen molar-refractivity contribution in [2.45, 2.75) is 53.6 Å². The van der Waals surface area contributed by atoms with E-state index in [1.54, 1.807) is 19.3 Å². The van der Waals surface area contributed by atoms with Crippen LogP contribution in [-0.4, -0.2) is 23.7 Å². The van der Waals surface area contributed by atoms with E-state index in [9.17, 15) is 4.79 Å². The summed E-state index contributed by atoms with van der Waals surface area (Å²) in [6, 6.07) is 5.69. The van der Waals surface area contributed by atoms with Gasteiger partial charge in [0.25, 0.3) is 0 Å². The SMILES string of the molecule is C/C=C\c1oc(-c2ccc(N(C)C(=O)OC(C)(C)C)nc2)cc1/C=C(/C)CC. The van der Waals surface area contributed by atoms with Crippen molar-refractivity contribution in [2.24, 2.45) is 0 Å². The van der Waals surface area contributed by atoms with E-state index in [-0.39, 0.29) is 0 Å². The Kier molecular flexibility index (Phi) is 6.84. The van der Waals surface area contributed by atoms with E-state index in [1.807, 2.05) is 52.0 Å². The number of rotatable bonds is 5. The van der Waals surface area contributed by atoms with Crippen molar-refractivity contribution in [2.75, 3.05) is 11.9 Å². The molecule has 5 heteroatoms. The number of ether oxygens (including phenoxy) is 1. The third kappa shape index (κ3) is 5.59. The highest BCUT2D eigenvalue weighted by Crippen LogP contribution is 2.29. The molecule has 0 aromatic carbocycles. The molecule has 0 saturated carbocycles. The van der Waals surface area contributed by atoms with Crippen molar-refractivity contribution in [3.63, 3.8) is 0 Å². The summed E-state index contributed by atoms with van der Waals surface area (Å²) in [5.74, 6) is 2.07. The lowest BCUT2D eigenvalue weighted by atomic mass is 10.1. The maximum atomic E-state index is 12.2. The minimum Gasteiger partial charge on any atom is -0.456 e. The number of hydrogen-bond donors (Lipinski definition) is 0. The highest BCUT2D eigenvalue weighted by atomic mass is 16.6. The van der Waals surface area contributed by atoms with Gasteiger partial charge in [0.05, 0.1) is 0 Å². The summed E-state index contributed by atoms with van der Waals surface area (Å²) in [5.41, 5.74) is 2.62. The van der Waals surface area contributed by atoms with Gasteiger partial charge in [-0.3, -0.25) is 4.90 Å². The molecule has 0 spiro atoms. The quantitative estimate of drug-likeness (QED) is 0.587. The number of allylic oxidation sites excluding steroid dienone is 2. The van der Waals surface area contributed by atoms with Crippen molar-refractivity contribution < 1.29 is 13.9 Å². The number of furan rings is 1. The molecule has 5 nitrogen and oxygen atoms in total. The Labute approximate surface area is 167 Å². The van der Waals surface area contributed by atoms with Crippen LogP contribution in [0.4, 0.5) is 10.6 Å². The average Bonchev–Trinajstić information content (AvgIpc) is 3.02. The second kappa shape index (κ2) is 8.91. The monoisotopic (exact) mass is 382 g/mol. The van der Waals surface area contributed by atoms with Gasteiger partial charge in [-0.15, -0.1) is 0 Å². The number of amides is 1. The van der Waals surface area contributed by atoms with Gasteiger partial charge in [0.2, 0.25) is 0 Å². The molecular weight excluding hydrogens is 352 g/mol. The van der Waals surface area contributed by atoms with E-state index in [4.69, 9.17) is 9.15 Å². The van der Waals surface area contributed by atoms with Crippen molar-refractivity contribution in [1.82, 2.24) is 4.98 Å². The molecule has 0 saturated heterocycles. The van der Waals surface area contributed by atoms with Gasteiger partial charge >= 0.3 is 6.09 Å². The van der Waals surface area contributed by atoms with Gasteiger partial charge in [0.15, 0.2) is 0 Å². The van der Waals surface area contributed by atoms with Crippen LogP contribution in [-0.2, 0) is 4.74 Å². The summed E-state index contributed by atoms with van der Waals surface area (Å²) in [7, 11) is 1.64. The fourth-order valence-corrected chi connectivity index (χ4v) is 2.48. The van der Waals surface area contributed by atoms with Gasteiger partial charge in [0, 0.05) is 24.4 Å². The van der Waals surface area contributed by atoms with Gasteiger partial charge in [-0.1, -0.05) is 24.6 Å². The number of carbonyl (C=O) groups excluding carboxylic acids is 1. The zero-order valence-corrected chi connectivity index (χ0v) is 17.9. The Balaban J connectivity index is 2.28. The van der Waals surface area contributed by atoms with Crippen LogP contribution in [0.3, 0.4) is 0 Å². The van der Waals surface area contributed by atoms with E-state index in [0.29, 0.717) is 5.82 Å². The molecule has 2 heterocycles. The van der Waals surface area contributed by atoms with Crippen molar-refractivity contribution >= 4 is 24.1 Å². The normalized spacial score (nSPS) is 12.5. The molecule has 150 valence electrons. The fraction of sp³-hybridized carbons (Fsp3) is 0.391. The van der Waals surface area contributed by atoms with Crippen molar-refractivity contribution in [3.8, 4) is 11.3 Å². The lowest BCUT2D eigenvalue weighted by Gasteiger charge is -2.24. The predicted octanol–water partition coefficient (Wildman–Crippen LogP) is 6.56. The summed E-state index contributed by atoms with van der Waals surface area (Å²) >= 11 is 0. The van der Waals surface area contributed by atoms with Crippen LogP contribution in [0.25, 0.3) is 23.5 Å². The Hall–Kier alpha value is -2.82. The third-order valence-corrected chi connectivity index (χ3v) is 4.11. The first-order chi connectivity index (χ1) is 13.1. The van der Waals surface area contributed by atoms with E-state index >= 15 is 0 Å². The van der Waals surface area contributed by atoms with E-state index in [0.717, 1.165) is 29.1 Å². The third-order valence-electron chi connectivity index (χ3n) is 4.11. The molecule has 2 aromatic heterocycles. The molecule has 0 bridgehead atoms. The number of anilines is 1. The molecule has 28 heavy (non-hydrogen) atoms. The molecule has 0 aliphatic carbocycles. The highest BCUT2D eigenvalue weighted by Gasteiger charge is 2.21. The maximum absolute atomic E-state index is 12.2. The lowest BCUT2D eigenvalue weighted by molar-refractivity contribution is 0.0588. The smallest absolute Gasteiger partial charge is 0.415 e. The summed E-state index contributed by atoms with van der Waals surface area (Å²) in [4.78, 5) is 18.0. The molecule has 0 unspecified atom stereocenters. The zero-order chi connectivity index (χ0) is 20.9. The van der Waals surface area contributed by atoms with Gasteiger partial charge < -0.3 is 9.15 Å². The lowest BCUT2D eigenvalue weighted by Crippen LogP contribution is -2.34. The number of aromatic nitrogens is 1. The minimum absolute atomic E-state index is 0.441. The van der Waals surface area contributed by atoms with Crippen LogP contribution in [0.2, 0.25) is 0 Å².